The summed E-state index contributed by atoms with van der Waals surface area (Å²) in [5.41, 5.74) is 1.34. The van der Waals surface area contributed by atoms with E-state index in [0.29, 0.717) is 18.4 Å². The van der Waals surface area contributed by atoms with E-state index in [9.17, 15) is 13.6 Å². The molecular weight excluding hydrogens is 338 g/mol. The van der Waals surface area contributed by atoms with Crippen molar-refractivity contribution in [3.63, 3.8) is 0 Å². The highest BCUT2D eigenvalue weighted by Gasteiger charge is 2.45. The van der Waals surface area contributed by atoms with Gasteiger partial charge in [0.2, 0.25) is 5.91 Å². The Morgan fingerprint density at radius 2 is 1.92 bits per heavy atom. The van der Waals surface area contributed by atoms with Gasteiger partial charge in [-0.25, -0.2) is 0 Å². The highest BCUT2D eigenvalue weighted by molar-refractivity contribution is 5.78. The number of ether oxygens (including phenoxy) is 1. The molecule has 2 heterocycles. The maximum Gasteiger partial charge on any atom is 0.387 e. The van der Waals surface area contributed by atoms with E-state index in [4.69, 9.17) is 0 Å². The summed E-state index contributed by atoms with van der Waals surface area (Å²) in [5, 5.41) is 0. The quantitative estimate of drug-likeness (QED) is 0.799. The second-order valence-corrected chi connectivity index (χ2v) is 8.09. The normalized spacial score (nSPS) is 27.3. The van der Waals surface area contributed by atoms with E-state index in [1.54, 1.807) is 12.1 Å². The molecule has 3 fully saturated rings. The number of piperidine rings is 2. The molecule has 2 aliphatic heterocycles. The Balaban J connectivity index is 1.38. The zero-order valence-corrected chi connectivity index (χ0v) is 15.0. The molecule has 1 amide bonds. The molecule has 0 bridgehead atoms. The predicted octanol–water partition coefficient (Wildman–Crippen LogP) is 3.66. The van der Waals surface area contributed by atoms with Crippen LogP contribution < -0.4 is 4.74 Å². The monoisotopic (exact) mass is 364 g/mol. The number of hydrogen-bond donors (Lipinski definition) is 0. The summed E-state index contributed by atoms with van der Waals surface area (Å²) >= 11 is 0. The minimum atomic E-state index is -2.79. The molecule has 26 heavy (non-hydrogen) atoms. The van der Waals surface area contributed by atoms with Crippen molar-refractivity contribution in [1.29, 1.82) is 0 Å². The summed E-state index contributed by atoms with van der Waals surface area (Å²) in [6.07, 6.45) is 6.36. The second-order valence-electron chi connectivity index (χ2n) is 8.09. The van der Waals surface area contributed by atoms with Gasteiger partial charge in [0.15, 0.2) is 0 Å². The fourth-order valence-corrected chi connectivity index (χ4v) is 4.58. The molecule has 4 rings (SSSR count). The lowest BCUT2D eigenvalue weighted by atomic mass is 9.73. The summed E-state index contributed by atoms with van der Waals surface area (Å²) < 4.78 is 28.9. The Labute approximate surface area is 153 Å². The average molecular weight is 364 g/mol. The van der Waals surface area contributed by atoms with Crippen LogP contribution in [0.25, 0.3) is 0 Å². The third-order valence-corrected chi connectivity index (χ3v) is 5.98. The number of carbonyl (C=O) groups is 1. The van der Waals surface area contributed by atoms with E-state index in [-0.39, 0.29) is 11.2 Å². The number of carbonyl (C=O) groups excluding carboxylic acids is 1. The molecule has 142 valence electrons. The Kier molecular flexibility index (Phi) is 4.86. The van der Waals surface area contributed by atoms with Crippen molar-refractivity contribution in [1.82, 2.24) is 9.80 Å². The molecule has 1 aliphatic carbocycles. The van der Waals surface area contributed by atoms with Crippen LogP contribution in [-0.4, -0.2) is 48.0 Å². The van der Waals surface area contributed by atoms with Gasteiger partial charge in [-0.2, -0.15) is 8.78 Å². The molecule has 1 spiro atoms. The van der Waals surface area contributed by atoms with Crippen LogP contribution in [0, 0.1) is 5.41 Å². The van der Waals surface area contributed by atoms with Gasteiger partial charge in [0, 0.05) is 37.5 Å². The average Bonchev–Trinajstić information content (AvgIpc) is 3.44. The van der Waals surface area contributed by atoms with E-state index in [1.807, 2.05) is 12.1 Å². The Bertz CT molecular complexity index is 648. The zero-order valence-electron chi connectivity index (χ0n) is 15.0. The number of benzene rings is 1. The Morgan fingerprint density at radius 3 is 2.62 bits per heavy atom. The van der Waals surface area contributed by atoms with Crippen LogP contribution in [0.2, 0.25) is 0 Å². The minimum absolute atomic E-state index is 0.199. The SMILES string of the molecule is O=C1CC[C@@]2(CCCN(Cc3ccc(OC(F)F)cc3)C2)CN1C1CC1. The first-order chi connectivity index (χ1) is 12.5. The molecular formula is C20H26F2N2O2. The molecule has 1 aromatic rings. The van der Waals surface area contributed by atoms with Gasteiger partial charge >= 0.3 is 6.61 Å². The van der Waals surface area contributed by atoms with Gasteiger partial charge in [0.25, 0.3) is 0 Å². The highest BCUT2D eigenvalue weighted by atomic mass is 19.3. The molecule has 1 aromatic carbocycles. The highest BCUT2D eigenvalue weighted by Crippen LogP contribution is 2.42. The van der Waals surface area contributed by atoms with E-state index >= 15 is 0 Å². The fourth-order valence-electron chi connectivity index (χ4n) is 4.58. The molecule has 3 aliphatic rings. The summed E-state index contributed by atoms with van der Waals surface area (Å²) in [7, 11) is 0. The largest absolute Gasteiger partial charge is 0.435 e. The van der Waals surface area contributed by atoms with Crippen molar-refractivity contribution in [2.75, 3.05) is 19.6 Å². The van der Waals surface area contributed by atoms with Crippen molar-refractivity contribution in [3.05, 3.63) is 29.8 Å². The predicted molar refractivity (Wildman–Crippen MR) is 94.0 cm³/mol. The lowest BCUT2D eigenvalue weighted by Gasteiger charge is -2.48. The van der Waals surface area contributed by atoms with Crippen LogP contribution >= 0.6 is 0 Å². The van der Waals surface area contributed by atoms with Crippen LogP contribution in [-0.2, 0) is 11.3 Å². The van der Waals surface area contributed by atoms with Crippen LogP contribution in [0.4, 0.5) is 8.78 Å². The topological polar surface area (TPSA) is 32.8 Å². The maximum absolute atomic E-state index is 12.3. The third-order valence-electron chi connectivity index (χ3n) is 5.98. The number of likely N-dealkylation sites (tertiary alicyclic amines) is 2. The second kappa shape index (κ2) is 7.14. The lowest BCUT2D eigenvalue weighted by molar-refractivity contribution is -0.140. The first-order valence-corrected chi connectivity index (χ1v) is 9.59. The molecule has 0 unspecified atom stereocenters. The number of alkyl halides is 2. The van der Waals surface area contributed by atoms with Crippen molar-refractivity contribution in [2.45, 2.75) is 57.7 Å². The van der Waals surface area contributed by atoms with E-state index in [0.717, 1.165) is 44.6 Å². The number of hydrogen-bond acceptors (Lipinski definition) is 3. The van der Waals surface area contributed by atoms with Crippen molar-refractivity contribution < 1.29 is 18.3 Å². The van der Waals surface area contributed by atoms with Gasteiger partial charge < -0.3 is 9.64 Å². The molecule has 2 saturated heterocycles. The zero-order chi connectivity index (χ0) is 18.1. The number of nitrogens with zero attached hydrogens (tertiary/aromatic N) is 2. The van der Waals surface area contributed by atoms with Crippen molar-refractivity contribution in [3.8, 4) is 5.75 Å². The van der Waals surface area contributed by atoms with Gasteiger partial charge in [0.05, 0.1) is 0 Å². The third kappa shape index (κ3) is 4.00. The smallest absolute Gasteiger partial charge is 0.387 e. The molecule has 0 aromatic heterocycles. The minimum Gasteiger partial charge on any atom is -0.435 e. The van der Waals surface area contributed by atoms with Crippen LogP contribution in [0.1, 0.15) is 44.1 Å². The molecule has 0 radical (unpaired) electrons. The van der Waals surface area contributed by atoms with E-state index in [2.05, 4.69) is 14.5 Å². The van der Waals surface area contributed by atoms with Crippen molar-refractivity contribution in [2.24, 2.45) is 5.41 Å². The van der Waals surface area contributed by atoms with Crippen LogP contribution in [0.3, 0.4) is 0 Å². The molecule has 6 heteroatoms. The van der Waals surface area contributed by atoms with E-state index < -0.39 is 6.61 Å². The number of rotatable bonds is 5. The summed E-state index contributed by atoms with van der Waals surface area (Å²) in [6, 6.07) is 7.43. The molecule has 4 nitrogen and oxygen atoms in total. The summed E-state index contributed by atoms with van der Waals surface area (Å²) in [5.74, 6) is 0.537. The van der Waals surface area contributed by atoms with Crippen LogP contribution in [0.5, 0.6) is 5.75 Å². The fraction of sp³-hybridized carbons (Fsp3) is 0.650. The first kappa shape index (κ1) is 17.7. The summed E-state index contributed by atoms with van der Waals surface area (Å²) in [4.78, 5) is 16.8. The van der Waals surface area contributed by atoms with E-state index in [1.165, 1.54) is 19.3 Å². The Morgan fingerprint density at radius 1 is 1.15 bits per heavy atom. The van der Waals surface area contributed by atoms with Gasteiger partial charge in [-0.3, -0.25) is 9.69 Å². The lowest BCUT2D eigenvalue weighted by Crippen LogP contribution is -2.54. The molecule has 1 atom stereocenters. The standard InChI is InChI=1S/C20H26F2N2O2/c21-19(22)26-17-6-2-15(3-7-17)12-23-11-1-9-20(13-23)10-8-18(25)24(14-20)16-4-5-16/h2-3,6-7,16,19H,1,4-5,8-14H2/t20-/m1/s1. The van der Waals surface area contributed by atoms with Gasteiger partial charge in [-0.15, -0.1) is 0 Å². The van der Waals surface area contributed by atoms with Gasteiger partial charge in [-0.1, -0.05) is 12.1 Å². The number of halogens is 2. The Hall–Kier alpha value is -1.69. The van der Waals surface area contributed by atoms with Gasteiger partial charge in [-0.05, 0) is 56.3 Å². The first-order valence-electron chi connectivity index (χ1n) is 9.59. The molecule has 0 N–H and O–H groups in total. The summed E-state index contributed by atoms with van der Waals surface area (Å²) in [6.45, 7) is 1.00. The van der Waals surface area contributed by atoms with Crippen molar-refractivity contribution >= 4 is 5.91 Å². The van der Waals surface area contributed by atoms with Gasteiger partial charge in [0.1, 0.15) is 5.75 Å². The van der Waals surface area contributed by atoms with Crippen LogP contribution in [0.15, 0.2) is 24.3 Å². The number of amides is 1. The molecule has 1 saturated carbocycles. The maximum atomic E-state index is 12.3.